The Morgan fingerprint density at radius 1 is 0.966 bits per heavy atom. The second-order valence-electron chi connectivity index (χ2n) is 8.06. The fourth-order valence-electron chi connectivity index (χ4n) is 2.61. The number of aromatic hydroxyl groups is 1. The molecule has 1 nitrogen and oxygen atoms in total. The van der Waals surface area contributed by atoms with Crippen LogP contribution in [0.15, 0.2) is 34.9 Å². The Bertz CT molecular complexity index is 612. The van der Waals surface area contributed by atoms with E-state index in [4.69, 9.17) is 0 Å². The van der Waals surface area contributed by atoms with Crippen LogP contribution in [0, 0.1) is 18.9 Å². The Morgan fingerprint density at radius 3 is 1.66 bits per heavy atom. The van der Waals surface area contributed by atoms with E-state index in [0.29, 0.717) is 11.7 Å². The summed E-state index contributed by atoms with van der Waals surface area (Å²) in [6.07, 6.45) is 3.36. The zero-order chi connectivity index (χ0) is 20.5. The number of aryl methyl sites for hydroxylation is 1. The van der Waals surface area contributed by atoms with Crippen molar-refractivity contribution >= 4 is 34.3 Å². The third kappa shape index (κ3) is 14.6. The average molecular weight is 492 g/mol. The number of halogens is 2. The summed E-state index contributed by atoms with van der Waals surface area (Å²) in [4.78, 5) is 0. The predicted octanol–water partition coefficient (Wildman–Crippen LogP) is 8.13. The molecule has 0 fully saturated rings. The largest absolute Gasteiger partial charge is 0.508 e. The second kappa shape index (κ2) is 17.7. The zero-order valence-corrected chi connectivity index (χ0v) is 24.2. The van der Waals surface area contributed by atoms with Gasteiger partial charge in [0.2, 0.25) is 0 Å². The van der Waals surface area contributed by atoms with Crippen molar-refractivity contribution in [1.82, 2.24) is 0 Å². The molecule has 166 valence electrons. The van der Waals surface area contributed by atoms with E-state index in [0.717, 1.165) is 5.56 Å². The molecular formula is C24H41Cl2OSiTi-. The number of hydrogen-bond donors (Lipinski definition) is 1. The van der Waals surface area contributed by atoms with Crippen molar-refractivity contribution in [1.29, 1.82) is 0 Å². The fraction of sp³-hybridized carbons (Fsp3) is 0.583. The van der Waals surface area contributed by atoms with Crippen LogP contribution in [0.3, 0.4) is 0 Å². The van der Waals surface area contributed by atoms with Crippen LogP contribution in [0.5, 0.6) is 5.75 Å². The molecule has 1 unspecified atom stereocenters. The van der Waals surface area contributed by atoms with Crippen LogP contribution in [0.25, 0.3) is 0 Å². The van der Waals surface area contributed by atoms with Crippen molar-refractivity contribution in [3.05, 3.63) is 52.1 Å². The number of hydrogen-bond acceptors (Lipinski definition) is 1. The van der Waals surface area contributed by atoms with Crippen LogP contribution >= 0.6 is 24.8 Å². The Balaban J connectivity index is -0.000000165. The van der Waals surface area contributed by atoms with Gasteiger partial charge in [0.15, 0.2) is 0 Å². The summed E-state index contributed by atoms with van der Waals surface area (Å²) in [5, 5.41) is 9.36. The van der Waals surface area contributed by atoms with E-state index in [1.54, 1.807) is 6.07 Å². The minimum atomic E-state index is 0. The van der Waals surface area contributed by atoms with Crippen LogP contribution in [-0.2, 0) is 27.1 Å². The number of rotatable bonds is 2. The molecule has 29 heavy (non-hydrogen) atoms. The molecule has 0 aromatic heterocycles. The van der Waals surface area contributed by atoms with Gasteiger partial charge in [-0.3, -0.25) is 6.08 Å². The average Bonchev–Trinajstić information content (AvgIpc) is 2.74. The van der Waals surface area contributed by atoms with Gasteiger partial charge in [0.25, 0.3) is 0 Å². The predicted molar refractivity (Wildman–Crippen MR) is 133 cm³/mol. The van der Waals surface area contributed by atoms with Gasteiger partial charge in [0.1, 0.15) is 5.75 Å². The van der Waals surface area contributed by atoms with Crippen molar-refractivity contribution in [2.75, 3.05) is 0 Å². The standard InChI is InChI=1S/C11H16O.C9H13.C4H10Si.2ClH.Ti/c1-8-5-9(11(2,3)4)7-10(12)6-8;1-6-5-7(2)9(4)8(6)3;1-3-5-4-2;;;/h5-7,12H,1-4H3;6H,1-4H3;3-4H2,1-2H3;2*1H;/q;-1;;;;. The molecule has 0 heterocycles. The first-order valence-corrected chi connectivity index (χ1v) is 11.1. The Labute approximate surface area is 210 Å². The molecule has 2 radical (unpaired) electrons. The van der Waals surface area contributed by atoms with Crippen molar-refractivity contribution in [3.8, 4) is 5.75 Å². The first kappa shape index (κ1) is 36.4. The smallest absolute Gasteiger partial charge is 0.116 e. The first-order chi connectivity index (χ1) is 11.9. The molecule has 1 aliphatic rings. The summed E-state index contributed by atoms with van der Waals surface area (Å²) in [7, 11) is 1.20. The molecule has 1 aliphatic carbocycles. The molecule has 1 aromatic rings. The van der Waals surface area contributed by atoms with Crippen LogP contribution < -0.4 is 0 Å². The Hall–Kier alpha value is 0.0112. The molecule has 0 amide bonds. The van der Waals surface area contributed by atoms with Gasteiger partial charge in [-0.2, -0.15) is 11.1 Å². The number of allylic oxidation sites excluding steroid dienone is 4. The number of phenolic OH excluding ortho intramolecular Hbond substituents is 1. The molecule has 1 atom stereocenters. The minimum absolute atomic E-state index is 0. The third-order valence-electron chi connectivity index (χ3n) is 4.66. The molecule has 0 aliphatic heterocycles. The third-order valence-corrected chi connectivity index (χ3v) is 5.66. The van der Waals surface area contributed by atoms with Gasteiger partial charge < -0.3 is 5.11 Å². The maximum atomic E-state index is 9.36. The van der Waals surface area contributed by atoms with Crippen molar-refractivity contribution < 1.29 is 26.8 Å². The van der Waals surface area contributed by atoms with E-state index in [2.05, 4.69) is 74.5 Å². The molecule has 0 bridgehead atoms. The number of benzene rings is 1. The summed E-state index contributed by atoms with van der Waals surface area (Å²) >= 11 is 0. The summed E-state index contributed by atoms with van der Waals surface area (Å²) in [6.45, 7) is 21.5. The Kier molecular flexibility index (Phi) is 22.2. The van der Waals surface area contributed by atoms with Crippen molar-refractivity contribution in [2.45, 2.75) is 86.7 Å². The normalized spacial score (nSPS) is 14.7. The molecule has 1 N–H and O–H groups in total. The molecule has 2 rings (SSSR count). The van der Waals surface area contributed by atoms with E-state index < -0.39 is 0 Å². The van der Waals surface area contributed by atoms with E-state index in [-0.39, 0.29) is 51.9 Å². The maximum absolute atomic E-state index is 9.36. The van der Waals surface area contributed by atoms with Crippen LogP contribution in [-0.4, -0.2) is 14.6 Å². The maximum Gasteiger partial charge on any atom is 0.116 e. The molecule has 0 saturated carbocycles. The van der Waals surface area contributed by atoms with Crippen LogP contribution in [0.2, 0.25) is 12.1 Å². The molecule has 1 aromatic carbocycles. The van der Waals surface area contributed by atoms with Gasteiger partial charge in [-0.15, -0.1) is 31.7 Å². The molecule has 5 heteroatoms. The van der Waals surface area contributed by atoms with Crippen molar-refractivity contribution in [3.63, 3.8) is 0 Å². The van der Waals surface area contributed by atoms with E-state index in [1.165, 1.54) is 43.9 Å². The van der Waals surface area contributed by atoms with E-state index in [9.17, 15) is 5.11 Å². The van der Waals surface area contributed by atoms with Gasteiger partial charge >= 0.3 is 0 Å². The SMILES string of the molecule is CC1=[C-]C(C)C(C)=C1C.CC[Si]CC.Cc1cc(O)cc(C(C)(C)C)c1.Cl.Cl.[Ti]. The zero-order valence-electron chi connectivity index (χ0n) is 20.0. The quantitative estimate of drug-likeness (QED) is 0.327. The minimum Gasteiger partial charge on any atom is -0.508 e. The second-order valence-corrected chi connectivity index (χ2v) is 9.98. The molecule has 0 spiro atoms. The van der Waals surface area contributed by atoms with E-state index >= 15 is 0 Å². The summed E-state index contributed by atoms with van der Waals surface area (Å²) < 4.78 is 0. The van der Waals surface area contributed by atoms with E-state index in [1.807, 2.05) is 13.0 Å². The molecule has 0 saturated heterocycles. The summed E-state index contributed by atoms with van der Waals surface area (Å²) in [5.74, 6) is 0.921. The molecular weight excluding hydrogens is 451 g/mol. The van der Waals surface area contributed by atoms with Crippen molar-refractivity contribution in [2.24, 2.45) is 5.92 Å². The topological polar surface area (TPSA) is 20.2 Å². The Morgan fingerprint density at radius 2 is 1.45 bits per heavy atom. The fourth-order valence-corrected chi connectivity index (χ4v) is 3.11. The van der Waals surface area contributed by atoms with Gasteiger partial charge in [0.05, 0.1) is 0 Å². The van der Waals surface area contributed by atoms with Crippen LogP contribution in [0.4, 0.5) is 0 Å². The van der Waals surface area contributed by atoms with Gasteiger partial charge in [-0.1, -0.05) is 79.5 Å². The van der Waals surface area contributed by atoms with Gasteiger partial charge in [-0.05, 0) is 35.6 Å². The first-order valence-electron chi connectivity index (χ1n) is 9.73. The van der Waals surface area contributed by atoms with Gasteiger partial charge in [-0.25, -0.2) is 5.57 Å². The monoisotopic (exact) mass is 491 g/mol. The van der Waals surface area contributed by atoms with Gasteiger partial charge in [0, 0.05) is 31.2 Å². The summed E-state index contributed by atoms with van der Waals surface area (Å²) in [6, 6.07) is 8.45. The summed E-state index contributed by atoms with van der Waals surface area (Å²) in [5.41, 5.74) is 6.65. The van der Waals surface area contributed by atoms with Crippen LogP contribution in [0.1, 0.15) is 73.4 Å². The number of phenols is 1.